The summed E-state index contributed by atoms with van der Waals surface area (Å²) in [6, 6.07) is 30.3. The molecule has 3 rings (SSSR count). The summed E-state index contributed by atoms with van der Waals surface area (Å²) in [5.74, 6) is 0. The minimum Gasteiger partial charge on any atom is -0.368 e. The number of benzene rings is 3. The van der Waals surface area contributed by atoms with Crippen LogP contribution in [-0.2, 0) is 4.74 Å². The van der Waals surface area contributed by atoms with Crippen molar-refractivity contribution >= 4 is 18.5 Å². The third-order valence-electron chi connectivity index (χ3n) is 4.11. The van der Waals surface area contributed by atoms with Crippen molar-refractivity contribution in [3.8, 4) is 0 Å². The van der Waals surface area contributed by atoms with E-state index in [1.165, 1.54) is 10.6 Å². The smallest absolute Gasteiger partial charge is 0.213 e. The highest BCUT2D eigenvalue weighted by Gasteiger charge is 2.28. The van der Waals surface area contributed by atoms with E-state index >= 15 is 0 Å². The van der Waals surface area contributed by atoms with Crippen LogP contribution in [0.1, 0.15) is 21.8 Å². The zero-order valence-electron chi connectivity index (χ0n) is 17.8. The predicted octanol–water partition coefficient (Wildman–Crippen LogP) is 4.22. The molecule has 0 aromatic heterocycles. The Morgan fingerprint density at radius 2 is 1.40 bits per heavy atom. The molecule has 0 spiro atoms. The van der Waals surface area contributed by atoms with Crippen molar-refractivity contribution in [2.24, 2.45) is 0 Å². The highest BCUT2D eigenvalue weighted by Crippen LogP contribution is 2.51. The molecule has 3 aromatic rings. The van der Waals surface area contributed by atoms with E-state index in [2.05, 4.69) is 29.4 Å². The molecule has 0 bridgehead atoms. The average molecular weight is 354 g/mol. The van der Waals surface area contributed by atoms with Crippen LogP contribution in [0.3, 0.4) is 0 Å². The minimum atomic E-state index is -2.63. The summed E-state index contributed by atoms with van der Waals surface area (Å²) in [5.41, 5.74) is 0.969. The minimum absolute atomic E-state index is 0.0892. The highest BCUT2D eigenvalue weighted by atomic mass is 31.1. The Morgan fingerprint density at radius 3 is 1.88 bits per heavy atom. The van der Waals surface area contributed by atoms with Crippen LogP contribution in [0.5, 0.6) is 0 Å². The van der Waals surface area contributed by atoms with Gasteiger partial charge in [-0.2, -0.15) is 0 Å². The van der Waals surface area contributed by atoms with E-state index in [1.54, 1.807) is 0 Å². The van der Waals surface area contributed by atoms with Gasteiger partial charge >= 0.3 is 0 Å². The van der Waals surface area contributed by atoms with Gasteiger partial charge < -0.3 is 9.85 Å². The molecule has 3 heteroatoms. The fourth-order valence-electron chi connectivity index (χ4n) is 2.98. The van der Waals surface area contributed by atoms with Crippen molar-refractivity contribution in [2.45, 2.75) is 18.4 Å². The largest absolute Gasteiger partial charge is 0.368 e. The Morgan fingerprint density at radius 1 is 0.880 bits per heavy atom. The van der Waals surface area contributed by atoms with Crippen LogP contribution in [0.4, 0.5) is 0 Å². The van der Waals surface area contributed by atoms with E-state index in [0.29, 0.717) is 0 Å². The number of ether oxygens (including phenoxy) is 1. The first-order valence-electron chi connectivity index (χ1n) is 10.1. The van der Waals surface area contributed by atoms with Gasteiger partial charge in [0.25, 0.3) is 0 Å². The van der Waals surface area contributed by atoms with Crippen molar-refractivity contribution < 1.29 is 14.0 Å². The van der Waals surface area contributed by atoms with Gasteiger partial charge in [0.15, 0.2) is 6.29 Å². The standard InChI is InChI=1S/C22H23O2P/c1-24-22(23)17-21(18-11-5-2-6-12-18)25(19-13-7-3-8-14-19)20-15-9-4-10-16-20/h2-16,21-23H,17H2,1H3/t21-,22-/m1/s1/i1D3,23D. The molecule has 128 valence electrons. The molecule has 25 heavy (non-hydrogen) atoms. The van der Waals surface area contributed by atoms with E-state index in [9.17, 15) is 0 Å². The summed E-state index contributed by atoms with van der Waals surface area (Å²) < 4.78 is 34.6. The molecule has 2 atom stereocenters. The molecule has 0 radical (unpaired) electrons. The maximum absolute atomic E-state index is 7.40. The summed E-state index contributed by atoms with van der Waals surface area (Å²) in [6.45, 7) is 0. The molecule has 2 nitrogen and oxygen atoms in total. The van der Waals surface area contributed by atoms with Gasteiger partial charge in [-0.25, -0.2) is 0 Å². The zero-order valence-corrected chi connectivity index (χ0v) is 14.7. The average Bonchev–Trinajstić information content (AvgIpc) is 2.74. The topological polar surface area (TPSA) is 29.5 Å². The van der Waals surface area contributed by atoms with Gasteiger partial charge in [0, 0.05) is 19.1 Å². The number of methoxy groups -OCH3 is 1. The van der Waals surface area contributed by atoms with Crippen molar-refractivity contribution in [3.05, 3.63) is 96.6 Å². The van der Waals surface area contributed by atoms with E-state index in [-0.39, 0.29) is 12.1 Å². The second-order valence-corrected chi connectivity index (χ2v) is 8.15. The monoisotopic (exact) mass is 354 g/mol. The highest BCUT2D eigenvalue weighted by molar-refractivity contribution is 7.73. The Balaban J connectivity index is 2.06. The Labute approximate surface area is 156 Å². The lowest BCUT2D eigenvalue weighted by molar-refractivity contribution is -0.0783. The lowest BCUT2D eigenvalue weighted by Gasteiger charge is -2.30. The molecule has 1 N–H and O–H groups in total. The third-order valence-corrected chi connectivity index (χ3v) is 6.95. The first-order chi connectivity index (χ1) is 14.0. The number of hydrogen-bond donors (Lipinski definition) is 1. The van der Waals surface area contributed by atoms with E-state index < -0.39 is 21.2 Å². The molecule has 0 aliphatic rings. The van der Waals surface area contributed by atoms with Gasteiger partial charge in [-0.15, -0.1) is 0 Å². The lowest BCUT2D eigenvalue weighted by Crippen LogP contribution is -2.21. The second-order valence-electron chi connectivity index (χ2n) is 5.75. The van der Waals surface area contributed by atoms with Crippen LogP contribution >= 0.6 is 7.92 Å². The lowest BCUT2D eigenvalue weighted by atomic mass is 10.1. The third kappa shape index (κ3) is 4.55. The molecule has 0 aliphatic heterocycles. The van der Waals surface area contributed by atoms with E-state index in [1.807, 2.05) is 66.7 Å². The number of aliphatic hydroxyl groups excluding tert-OH is 1. The summed E-state index contributed by atoms with van der Waals surface area (Å²) in [5, 5.41) is 7.01. The quantitative estimate of drug-likeness (QED) is 0.485. The zero-order chi connectivity index (χ0) is 20.7. The van der Waals surface area contributed by atoms with Gasteiger partial charge in [0.05, 0.1) is 4.11 Å². The van der Waals surface area contributed by atoms with Crippen LogP contribution in [0.2, 0.25) is 0 Å². The summed E-state index contributed by atoms with van der Waals surface area (Å²) in [4.78, 5) is 0. The van der Waals surface area contributed by atoms with Gasteiger partial charge in [-0.05, 0) is 24.1 Å². The van der Waals surface area contributed by atoms with E-state index in [0.717, 1.165) is 5.56 Å². The summed E-state index contributed by atoms with van der Waals surface area (Å²) in [7, 11) is -3.53. The fraction of sp³-hybridized carbons (Fsp3) is 0.182. The van der Waals surface area contributed by atoms with Crippen molar-refractivity contribution in [1.82, 2.24) is 0 Å². The molecule has 0 saturated heterocycles. The van der Waals surface area contributed by atoms with E-state index in [4.69, 9.17) is 10.3 Å². The first-order valence-corrected chi connectivity index (χ1v) is 9.63. The SMILES string of the molecule is [2H]O[C@@H](C[C@H](c1ccccc1)P(c1ccccc1)c1ccccc1)OC([2H])([2H])[2H]. The van der Waals surface area contributed by atoms with Crippen molar-refractivity contribution in [1.29, 1.82) is 1.43 Å². The summed E-state index contributed by atoms with van der Waals surface area (Å²) >= 11 is 0. The first kappa shape index (κ1) is 13.2. The number of hydrogen-bond acceptors (Lipinski definition) is 2. The number of rotatable bonds is 8. The molecule has 0 amide bonds. The Kier molecular flexibility index (Phi) is 4.72. The summed E-state index contributed by atoms with van der Waals surface area (Å²) in [6.07, 6.45) is -0.911. The fourth-order valence-corrected chi connectivity index (χ4v) is 5.84. The van der Waals surface area contributed by atoms with Crippen molar-refractivity contribution in [2.75, 3.05) is 7.04 Å². The van der Waals surface area contributed by atoms with Gasteiger partial charge in [0.2, 0.25) is 1.43 Å². The van der Waals surface area contributed by atoms with Crippen LogP contribution < -0.4 is 10.6 Å². The predicted molar refractivity (Wildman–Crippen MR) is 106 cm³/mol. The maximum Gasteiger partial charge on any atom is 0.213 e. The maximum atomic E-state index is 7.40. The second kappa shape index (κ2) is 8.92. The Bertz CT molecular complexity index is 821. The normalized spacial score (nSPS) is 16.4. The van der Waals surface area contributed by atoms with Crippen LogP contribution in [-0.4, -0.2) is 19.9 Å². The molecular weight excluding hydrogens is 327 g/mol. The van der Waals surface area contributed by atoms with Gasteiger partial charge in [0.1, 0.15) is 0 Å². The Hall–Kier alpha value is -1.99. The molecule has 0 heterocycles. The van der Waals surface area contributed by atoms with Crippen LogP contribution in [0, 0.1) is 0 Å². The molecular formula is C22H23O2P. The van der Waals surface area contributed by atoms with Gasteiger partial charge in [-0.3, -0.25) is 0 Å². The molecule has 3 aromatic carbocycles. The molecule has 0 unspecified atom stereocenters. The molecule has 0 saturated carbocycles. The molecule has 0 fully saturated rings. The molecule has 0 aliphatic carbocycles. The number of aliphatic hydroxyl groups is 1. The van der Waals surface area contributed by atoms with Crippen molar-refractivity contribution in [3.63, 3.8) is 0 Å². The van der Waals surface area contributed by atoms with Gasteiger partial charge in [-0.1, -0.05) is 91.0 Å². The van der Waals surface area contributed by atoms with Crippen LogP contribution in [0.25, 0.3) is 0 Å². The van der Waals surface area contributed by atoms with Crippen LogP contribution in [0.15, 0.2) is 91.0 Å².